The second-order valence-electron chi connectivity index (χ2n) is 5.46. The first kappa shape index (κ1) is 17.7. The molecule has 1 rings (SSSR count). The fourth-order valence-corrected chi connectivity index (χ4v) is 2.13. The van der Waals surface area contributed by atoms with E-state index in [1.54, 1.807) is 0 Å². The first-order valence-corrected chi connectivity index (χ1v) is 8.47. The van der Waals surface area contributed by atoms with Crippen molar-refractivity contribution in [3.05, 3.63) is 11.4 Å². The van der Waals surface area contributed by atoms with Crippen LogP contribution in [0.5, 0.6) is 5.88 Å². The fraction of sp³-hybridized carbons (Fsp3) is 0.765. The minimum absolute atomic E-state index is 0.746. The second kappa shape index (κ2) is 10.4. The Hall–Kier alpha value is -1.32. The van der Waals surface area contributed by atoms with E-state index in [2.05, 4.69) is 36.1 Å². The number of anilines is 1. The molecular formula is C17H31N3O. The van der Waals surface area contributed by atoms with Gasteiger partial charge in [-0.1, -0.05) is 46.5 Å². The van der Waals surface area contributed by atoms with Crippen molar-refractivity contribution < 1.29 is 4.74 Å². The molecule has 21 heavy (non-hydrogen) atoms. The molecule has 120 valence electrons. The number of ether oxygens (including phenoxy) is 1. The van der Waals surface area contributed by atoms with Crippen molar-refractivity contribution in [1.82, 2.24) is 9.97 Å². The Morgan fingerprint density at radius 3 is 2.38 bits per heavy atom. The van der Waals surface area contributed by atoms with Crippen LogP contribution in [0.3, 0.4) is 0 Å². The van der Waals surface area contributed by atoms with E-state index in [1.165, 1.54) is 25.7 Å². The Morgan fingerprint density at radius 2 is 1.71 bits per heavy atom. The molecule has 1 aromatic rings. The highest BCUT2D eigenvalue weighted by Gasteiger charge is 2.11. The molecule has 0 aliphatic heterocycles. The summed E-state index contributed by atoms with van der Waals surface area (Å²) in [5, 5.41) is 3.36. The predicted molar refractivity (Wildman–Crippen MR) is 89.2 cm³/mol. The zero-order valence-electron chi connectivity index (χ0n) is 14.2. The summed E-state index contributed by atoms with van der Waals surface area (Å²) >= 11 is 0. The van der Waals surface area contributed by atoms with Crippen molar-refractivity contribution in [2.75, 3.05) is 18.5 Å². The van der Waals surface area contributed by atoms with E-state index in [0.29, 0.717) is 0 Å². The van der Waals surface area contributed by atoms with Gasteiger partial charge in [-0.15, -0.1) is 0 Å². The molecule has 0 aliphatic carbocycles. The molecule has 0 radical (unpaired) electrons. The summed E-state index contributed by atoms with van der Waals surface area (Å²) in [5.74, 6) is 2.51. The molecule has 0 fully saturated rings. The first-order valence-electron chi connectivity index (χ1n) is 8.47. The van der Waals surface area contributed by atoms with E-state index >= 15 is 0 Å². The van der Waals surface area contributed by atoms with Gasteiger partial charge in [0.15, 0.2) is 0 Å². The number of unbranched alkanes of at least 4 members (excludes halogenated alkanes) is 4. The summed E-state index contributed by atoms with van der Waals surface area (Å²) in [5.41, 5.74) is 1.02. The van der Waals surface area contributed by atoms with Gasteiger partial charge in [0.1, 0.15) is 11.6 Å². The van der Waals surface area contributed by atoms with Gasteiger partial charge in [0.05, 0.1) is 12.2 Å². The molecule has 0 spiro atoms. The van der Waals surface area contributed by atoms with Crippen LogP contribution in [-0.2, 0) is 6.42 Å². The van der Waals surface area contributed by atoms with Gasteiger partial charge in [-0.2, -0.15) is 4.98 Å². The van der Waals surface area contributed by atoms with Crippen LogP contribution in [0.2, 0.25) is 0 Å². The van der Waals surface area contributed by atoms with Crippen LogP contribution in [-0.4, -0.2) is 23.1 Å². The number of rotatable bonds is 11. The Labute approximate surface area is 129 Å². The molecule has 0 bridgehead atoms. The SMILES string of the molecule is CCCCCCCOc1nc(CC)nc(NCCC)c1C. The Kier molecular flexibility index (Phi) is 8.79. The summed E-state index contributed by atoms with van der Waals surface area (Å²) < 4.78 is 5.89. The van der Waals surface area contributed by atoms with Crippen LogP contribution in [0.4, 0.5) is 5.82 Å². The van der Waals surface area contributed by atoms with Crippen LogP contribution < -0.4 is 10.1 Å². The molecule has 1 heterocycles. The molecule has 0 unspecified atom stereocenters. The van der Waals surface area contributed by atoms with E-state index in [0.717, 1.165) is 55.5 Å². The third kappa shape index (κ3) is 6.32. The summed E-state index contributed by atoms with van der Waals surface area (Å²) in [6, 6.07) is 0. The maximum atomic E-state index is 5.89. The van der Waals surface area contributed by atoms with E-state index in [-0.39, 0.29) is 0 Å². The normalized spacial score (nSPS) is 10.7. The Morgan fingerprint density at radius 1 is 0.952 bits per heavy atom. The highest BCUT2D eigenvalue weighted by atomic mass is 16.5. The quantitative estimate of drug-likeness (QED) is 0.609. The van der Waals surface area contributed by atoms with Crippen LogP contribution in [0, 0.1) is 6.92 Å². The zero-order valence-corrected chi connectivity index (χ0v) is 14.2. The molecule has 0 aliphatic rings. The molecule has 4 nitrogen and oxygen atoms in total. The van der Waals surface area contributed by atoms with E-state index in [9.17, 15) is 0 Å². The molecule has 4 heteroatoms. The minimum atomic E-state index is 0.746. The lowest BCUT2D eigenvalue weighted by atomic mass is 10.2. The van der Waals surface area contributed by atoms with Crippen LogP contribution in [0.15, 0.2) is 0 Å². The monoisotopic (exact) mass is 293 g/mol. The lowest BCUT2D eigenvalue weighted by Crippen LogP contribution is -2.10. The van der Waals surface area contributed by atoms with E-state index < -0.39 is 0 Å². The van der Waals surface area contributed by atoms with Crippen LogP contribution in [0.25, 0.3) is 0 Å². The summed E-state index contributed by atoms with van der Waals surface area (Å²) in [7, 11) is 0. The van der Waals surface area contributed by atoms with Gasteiger partial charge in [0.25, 0.3) is 0 Å². The van der Waals surface area contributed by atoms with E-state index in [4.69, 9.17) is 4.74 Å². The number of nitrogens with one attached hydrogen (secondary N) is 1. The standard InChI is InChI=1S/C17H31N3O/c1-5-8-9-10-11-13-21-17-14(4)16(18-12-6-2)19-15(7-3)20-17/h5-13H2,1-4H3,(H,18,19,20). The Bertz CT molecular complexity index is 407. The second-order valence-corrected chi connectivity index (χ2v) is 5.46. The third-order valence-corrected chi connectivity index (χ3v) is 3.49. The third-order valence-electron chi connectivity index (χ3n) is 3.49. The molecule has 0 amide bonds. The smallest absolute Gasteiger partial charge is 0.221 e. The van der Waals surface area contributed by atoms with Crippen molar-refractivity contribution in [3.63, 3.8) is 0 Å². The summed E-state index contributed by atoms with van der Waals surface area (Å²) in [6.45, 7) is 10.2. The van der Waals surface area contributed by atoms with Gasteiger partial charge in [-0.25, -0.2) is 4.98 Å². The summed E-state index contributed by atoms with van der Waals surface area (Å²) in [4.78, 5) is 9.08. The van der Waals surface area contributed by atoms with E-state index in [1.807, 2.05) is 6.92 Å². The fourth-order valence-electron chi connectivity index (χ4n) is 2.13. The highest BCUT2D eigenvalue weighted by molar-refractivity contribution is 5.48. The van der Waals surface area contributed by atoms with Gasteiger partial charge in [0.2, 0.25) is 5.88 Å². The number of aryl methyl sites for hydroxylation is 1. The van der Waals surface area contributed by atoms with Gasteiger partial charge >= 0.3 is 0 Å². The maximum absolute atomic E-state index is 5.89. The molecular weight excluding hydrogens is 262 g/mol. The maximum Gasteiger partial charge on any atom is 0.221 e. The molecule has 1 aromatic heterocycles. The molecule has 0 atom stereocenters. The van der Waals surface area contributed by atoms with Gasteiger partial charge < -0.3 is 10.1 Å². The van der Waals surface area contributed by atoms with Crippen LogP contribution >= 0.6 is 0 Å². The van der Waals surface area contributed by atoms with Crippen molar-refractivity contribution in [3.8, 4) is 5.88 Å². The molecule has 1 N–H and O–H groups in total. The van der Waals surface area contributed by atoms with Crippen LogP contribution in [0.1, 0.15) is 70.7 Å². The van der Waals surface area contributed by atoms with Crippen molar-refractivity contribution in [2.45, 2.75) is 72.6 Å². The highest BCUT2D eigenvalue weighted by Crippen LogP contribution is 2.22. The largest absolute Gasteiger partial charge is 0.477 e. The lowest BCUT2D eigenvalue weighted by Gasteiger charge is -2.14. The Balaban J connectivity index is 2.58. The first-order chi connectivity index (χ1) is 10.2. The molecule has 0 saturated heterocycles. The summed E-state index contributed by atoms with van der Waals surface area (Å²) in [6.07, 6.45) is 8.14. The van der Waals surface area contributed by atoms with Gasteiger partial charge in [-0.3, -0.25) is 0 Å². The minimum Gasteiger partial charge on any atom is -0.477 e. The number of nitrogens with zero attached hydrogens (tertiary/aromatic N) is 2. The number of hydrogen-bond donors (Lipinski definition) is 1. The molecule has 0 aromatic carbocycles. The topological polar surface area (TPSA) is 47.0 Å². The zero-order chi connectivity index (χ0) is 15.5. The average Bonchev–Trinajstić information content (AvgIpc) is 2.50. The average molecular weight is 293 g/mol. The number of hydrogen-bond acceptors (Lipinski definition) is 4. The molecule has 0 saturated carbocycles. The van der Waals surface area contributed by atoms with Gasteiger partial charge in [0, 0.05) is 13.0 Å². The van der Waals surface area contributed by atoms with Crippen molar-refractivity contribution >= 4 is 5.82 Å². The predicted octanol–water partition coefficient (Wildman–Crippen LogP) is 4.52. The van der Waals surface area contributed by atoms with Gasteiger partial charge in [-0.05, 0) is 19.8 Å². The number of aromatic nitrogens is 2. The van der Waals surface area contributed by atoms with Crippen molar-refractivity contribution in [2.24, 2.45) is 0 Å². The van der Waals surface area contributed by atoms with Crippen molar-refractivity contribution in [1.29, 1.82) is 0 Å². The lowest BCUT2D eigenvalue weighted by molar-refractivity contribution is 0.290.